The van der Waals surface area contributed by atoms with Crippen molar-refractivity contribution in [2.24, 2.45) is 0 Å². The molecule has 2 aromatic heterocycles. The Morgan fingerprint density at radius 2 is 1.79 bits per heavy atom. The number of hydrogen-bond donors (Lipinski definition) is 1. The summed E-state index contributed by atoms with van der Waals surface area (Å²) in [6.07, 6.45) is 7.53. The number of rotatable bonds is 7. The molecule has 0 atom stereocenters. The Morgan fingerprint density at radius 1 is 0.970 bits per heavy atom. The normalized spacial score (nSPS) is 16.2. The fourth-order valence-electron chi connectivity index (χ4n) is 4.47. The lowest BCUT2D eigenvalue weighted by molar-refractivity contribution is 0.0792. The molecule has 0 unspecified atom stereocenters. The number of amides is 1. The molecule has 8 nitrogen and oxygen atoms in total. The Balaban J connectivity index is 1.23. The van der Waals surface area contributed by atoms with Gasteiger partial charge in [-0.15, -0.1) is 0 Å². The number of likely N-dealkylation sites (tertiary alicyclic amines) is 1. The van der Waals surface area contributed by atoms with Crippen molar-refractivity contribution >= 4 is 28.7 Å². The Labute approximate surface area is 194 Å². The number of nitrogens with zero attached hydrogens (tertiary/aromatic N) is 5. The van der Waals surface area contributed by atoms with Crippen molar-refractivity contribution in [3.63, 3.8) is 0 Å². The monoisotopic (exact) mass is 446 g/mol. The maximum atomic E-state index is 12.6. The number of carbonyl (C=O) groups is 1. The molecule has 0 saturated carbocycles. The molecule has 1 aromatic carbocycles. The Hall–Kier alpha value is -3.42. The molecule has 2 saturated heterocycles. The van der Waals surface area contributed by atoms with E-state index in [0.717, 1.165) is 61.8 Å². The Morgan fingerprint density at radius 3 is 2.64 bits per heavy atom. The zero-order valence-electron chi connectivity index (χ0n) is 18.9. The number of pyridine rings is 1. The lowest BCUT2D eigenvalue weighted by Gasteiger charge is -2.27. The predicted molar refractivity (Wildman–Crippen MR) is 129 cm³/mol. The highest BCUT2D eigenvalue weighted by Gasteiger charge is 2.20. The van der Waals surface area contributed by atoms with Crippen molar-refractivity contribution in [3.05, 3.63) is 48.2 Å². The van der Waals surface area contributed by atoms with Crippen LogP contribution in [0, 0.1) is 0 Å². The van der Waals surface area contributed by atoms with E-state index in [-0.39, 0.29) is 5.91 Å². The first kappa shape index (κ1) is 21.4. The minimum Gasteiger partial charge on any atom is -0.492 e. The van der Waals surface area contributed by atoms with Gasteiger partial charge in [-0.05, 0) is 62.4 Å². The van der Waals surface area contributed by atoms with E-state index in [1.54, 1.807) is 6.20 Å². The van der Waals surface area contributed by atoms with Crippen molar-refractivity contribution in [2.45, 2.75) is 32.1 Å². The van der Waals surface area contributed by atoms with Gasteiger partial charge in [0.2, 0.25) is 5.95 Å². The molecule has 2 fully saturated rings. The van der Waals surface area contributed by atoms with Crippen LogP contribution in [0.4, 0.5) is 11.8 Å². The molecular formula is C25H30N6O2. The molecule has 0 aliphatic carbocycles. The number of fused-ring (bicyclic) bond motifs is 1. The first-order chi connectivity index (χ1) is 16.3. The largest absolute Gasteiger partial charge is 0.492 e. The van der Waals surface area contributed by atoms with Gasteiger partial charge in [0.05, 0.1) is 12.1 Å². The second-order valence-electron chi connectivity index (χ2n) is 8.59. The third kappa shape index (κ3) is 4.99. The van der Waals surface area contributed by atoms with E-state index >= 15 is 0 Å². The summed E-state index contributed by atoms with van der Waals surface area (Å²) in [5, 5.41) is 3.38. The third-order valence-electron chi connectivity index (χ3n) is 6.22. The predicted octanol–water partition coefficient (Wildman–Crippen LogP) is 3.74. The fourth-order valence-corrected chi connectivity index (χ4v) is 4.47. The average molecular weight is 447 g/mol. The minimum atomic E-state index is 0.0832. The maximum Gasteiger partial charge on any atom is 0.253 e. The van der Waals surface area contributed by atoms with Crippen LogP contribution in [0.2, 0.25) is 0 Å². The van der Waals surface area contributed by atoms with Crippen LogP contribution in [0.5, 0.6) is 5.75 Å². The van der Waals surface area contributed by atoms with E-state index in [0.29, 0.717) is 24.5 Å². The summed E-state index contributed by atoms with van der Waals surface area (Å²) in [6, 6.07) is 11.3. The molecular weight excluding hydrogens is 416 g/mol. The summed E-state index contributed by atoms with van der Waals surface area (Å²) in [4.78, 5) is 30.8. The van der Waals surface area contributed by atoms with Gasteiger partial charge < -0.3 is 19.9 Å². The van der Waals surface area contributed by atoms with Crippen LogP contribution in [0.25, 0.3) is 11.0 Å². The van der Waals surface area contributed by atoms with E-state index in [2.05, 4.69) is 15.2 Å². The van der Waals surface area contributed by atoms with Crippen LogP contribution < -0.4 is 15.0 Å². The number of piperidine rings is 1. The number of carbonyl (C=O) groups excluding carboxylic acids is 1. The van der Waals surface area contributed by atoms with Gasteiger partial charge in [-0.2, -0.15) is 4.98 Å². The lowest BCUT2D eigenvalue weighted by atomic mass is 10.1. The molecule has 0 bridgehead atoms. The van der Waals surface area contributed by atoms with Crippen LogP contribution in [-0.2, 0) is 0 Å². The Kier molecular flexibility index (Phi) is 6.51. The smallest absolute Gasteiger partial charge is 0.253 e. The molecule has 2 aliphatic rings. The van der Waals surface area contributed by atoms with Crippen molar-refractivity contribution in [2.75, 3.05) is 49.5 Å². The summed E-state index contributed by atoms with van der Waals surface area (Å²) < 4.78 is 5.93. The van der Waals surface area contributed by atoms with Crippen LogP contribution in [0.1, 0.15) is 42.5 Å². The lowest BCUT2D eigenvalue weighted by Crippen LogP contribution is -2.31. The van der Waals surface area contributed by atoms with E-state index in [1.807, 2.05) is 41.3 Å². The fraction of sp³-hybridized carbons (Fsp3) is 0.440. The number of ether oxygens (including phenoxy) is 1. The number of benzene rings is 1. The van der Waals surface area contributed by atoms with Gasteiger partial charge in [0.1, 0.15) is 17.9 Å². The molecule has 8 heteroatoms. The van der Waals surface area contributed by atoms with Gasteiger partial charge in [-0.3, -0.25) is 9.78 Å². The number of anilines is 2. The molecule has 172 valence electrons. The van der Waals surface area contributed by atoms with Gasteiger partial charge in [0.15, 0.2) is 5.82 Å². The average Bonchev–Trinajstić information content (AvgIpc) is 3.42. The first-order valence-corrected chi connectivity index (χ1v) is 11.9. The SMILES string of the molecule is O=C(c1cccc(OCCNc2nc(N3CCCCC3)nc3cccnc23)c1)N1CCCC1. The van der Waals surface area contributed by atoms with Gasteiger partial charge in [-0.25, -0.2) is 4.98 Å². The third-order valence-corrected chi connectivity index (χ3v) is 6.22. The summed E-state index contributed by atoms with van der Waals surface area (Å²) >= 11 is 0. The van der Waals surface area contributed by atoms with Crippen molar-refractivity contribution in [3.8, 4) is 5.75 Å². The molecule has 4 heterocycles. The number of nitrogens with one attached hydrogen (secondary N) is 1. The summed E-state index contributed by atoms with van der Waals surface area (Å²) in [5.41, 5.74) is 2.28. The highest BCUT2D eigenvalue weighted by Crippen LogP contribution is 2.24. The van der Waals surface area contributed by atoms with Crippen molar-refractivity contribution in [1.82, 2.24) is 19.9 Å². The van der Waals surface area contributed by atoms with Gasteiger partial charge in [-0.1, -0.05) is 6.07 Å². The van der Waals surface area contributed by atoms with E-state index < -0.39 is 0 Å². The second-order valence-corrected chi connectivity index (χ2v) is 8.59. The second kappa shape index (κ2) is 10.0. The first-order valence-electron chi connectivity index (χ1n) is 11.9. The number of hydrogen-bond acceptors (Lipinski definition) is 7. The topological polar surface area (TPSA) is 83.5 Å². The standard InChI is InChI=1S/C25H30N6O2/c32-24(30-13-4-5-14-30)19-8-6-9-20(18-19)33-17-12-27-23-22-21(10-7-11-26-22)28-25(29-23)31-15-2-1-3-16-31/h6-11,18H,1-5,12-17H2,(H,27,28,29). The van der Waals surface area contributed by atoms with Gasteiger partial charge in [0, 0.05) is 37.9 Å². The molecule has 1 amide bonds. The van der Waals surface area contributed by atoms with Crippen LogP contribution in [-0.4, -0.2) is 65.1 Å². The van der Waals surface area contributed by atoms with Crippen molar-refractivity contribution in [1.29, 1.82) is 0 Å². The molecule has 3 aromatic rings. The van der Waals surface area contributed by atoms with E-state index in [1.165, 1.54) is 19.3 Å². The molecule has 0 spiro atoms. The Bertz CT molecular complexity index is 1110. The van der Waals surface area contributed by atoms with Crippen LogP contribution >= 0.6 is 0 Å². The molecule has 5 rings (SSSR count). The maximum absolute atomic E-state index is 12.6. The molecule has 0 radical (unpaired) electrons. The molecule has 1 N–H and O–H groups in total. The molecule has 2 aliphatic heterocycles. The minimum absolute atomic E-state index is 0.0832. The molecule has 33 heavy (non-hydrogen) atoms. The highest BCUT2D eigenvalue weighted by molar-refractivity contribution is 5.94. The summed E-state index contributed by atoms with van der Waals surface area (Å²) in [6.45, 7) is 4.66. The van der Waals surface area contributed by atoms with Crippen LogP contribution in [0.3, 0.4) is 0 Å². The highest BCUT2D eigenvalue weighted by atomic mass is 16.5. The van der Waals surface area contributed by atoms with Gasteiger partial charge in [0.25, 0.3) is 5.91 Å². The summed E-state index contributed by atoms with van der Waals surface area (Å²) in [7, 11) is 0. The zero-order chi connectivity index (χ0) is 22.5. The van der Waals surface area contributed by atoms with Gasteiger partial charge >= 0.3 is 0 Å². The van der Waals surface area contributed by atoms with Crippen LogP contribution in [0.15, 0.2) is 42.6 Å². The summed E-state index contributed by atoms with van der Waals surface area (Å²) in [5.74, 6) is 2.26. The van der Waals surface area contributed by atoms with Crippen molar-refractivity contribution < 1.29 is 9.53 Å². The van der Waals surface area contributed by atoms with E-state index in [4.69, 9.17) is 14.7 Å². The van der Waals surface area contributed by atoms with E-state index in [9.17, 15) is 4.79 Å². The quantitative estimate of drug-likeness (QED) is 0.554. The zero-order valence-corrected chi connectivity index (χ0v) is 18.9. The number of aromatic nitrogens is 3.